The van der Waals surface area contributed by atoms with Crippen molar-refractivity contribution in [2.45, 2.75) is 38.4 Å². The summed E-state index contributed by atoms with van der Waals surface area (Å²) in [7, 11) is 0. The third kappa shape index (κ3) is 4.76. The number of halogens is 4. The number of rotatable bonds is 6. The second kappa shape index (κ2) is 8.52. The maximum absolute atomic E-state index is 12.9. The van der Waals surface area contributed by atoms with E-state index >= 15 is 0 Å². The molecule has 0 bridgehead atoms. The predicted molar refractivity (Wildman–Crippen MR) is 103 cm³/mol. The van der Waals surface area contributed by atoms with Crippen molar-refractivity contribution in [2.75, 3.05) is 0 Å². The summed E-state index contributed by atoms with van der Waals surface area (Å²) in [6, 6.07) is 6.01. The van der Waals surface area contributed by atoms with Crippen LogP contribution in [0.4, 0.5) is 13.2 Å². The fourth-order valence-electron chi connectivity index (χ4n) is 2.81. The van der Waals surface area contributed by atoms with Gasteiger partial charge >= 0.3 is 28.4 Å². The molecule has 0 saturated carbocycles. The Hall–Kier alpha value is -2.17. The molecule has 30 heavy (non-hydrogen) atoms. The normalized spacial score (nSPS) is 14.1. The molecule has 0 aliphatic rings. The Morgan fingerprint density at radius 3 is 2.37 bits per heavy atom. The lowest BCUT2D eigenvalue weighted by atomic mass is 10.2. The third-order valence-corrected chi connectivity index (χ3v) is 5.17. The highest BCUT2D eigenvalue weighted by atomic mass is 35.5. The summed E-state index contributed by atoms with van der Waals surface area (Å²) in [6.07, 6.45) is -8.53. The van der Waals surface area contributed by atoms with E-state index in [4.69, 9.17) is 11.6 Å². The summed E-state index contributed by atoms with van der Waals surface area (Å²) >= 11 is 6.28. The number of aromatic nitrogens is 6. The molecule has 3 aromatic rings. The average molecular weight is 461 g/mol. The second-order valence-corrected chi connectivity index (χ2v) is 7.91. The molecule has 0 unspecified atom stereocenters. The van der Waals surface area contributed by atoms with E-state index in [9.17, 15) is 28.2 Å². The summed E-state index contributed by atoms with van der Waals surface area (Å²) in [5, 5.41) is 27.9. The zero-order valence-corrected chi connectivity index (χ0v) is 18.6. The van der Waals surface area contributed by atoms with Crippen LogP contribution in [0, 0.1) is 0 Å². The van der Waals surface area contributed by atoms with Crippen molar-refractivity contribution < 1.29 is 23.4 Å². The highest BCUT2D eigenvalue weighted by molar-refractivity contribution is 6.30. The zero-order valence-electron chi connectivity index (χ0n) is 15.9. The largest absolute Gasteiger partial charge is 0.416 e. The molecule has 2 N–H and O–H groups in total. The van der Waals surface area contributed by atoms with Crippen LogP contribution in [0.2, 0.25) is 5.02 Å². The van der Waals surface area contributed by atoms with E-state index in [1.807, 2.05) is 0 Å². The summed E-state index contributed by atoms with van der Waals surface area (Å²) in [5.74, 6) is 0.419. The van der Waals surface area contributed by atoms with Crippen LogP contribution in [-0.2, 0) is 13.1 Å². The van der Waals surface area contributed by atoms with Gasteiger partial charge in [0, 0.05) is 10.6 Å². The first-order chi connectivity index (χ1) is 14.0. The Balaban J connectivity index is 2.04. The highest BCUT2D eigenvalue weighted by Gasteiger charge is 2.39. The average Bonchev–Trinajstić information content (AvgIpc) is 3.16. The Bertz CT molecular complexity index is 1090. The van der Waals surface area contributed by atoms with Crippen molar-refractivity contribution in [3.63, 3.8) is 0 Å². The minimum absolute atomic E-state index is 0.0685. The van der Waals surface area contributed by atoms with Gasteiger partial charge in [-0.3, -0.25) is 4.57 Å². The van der Waals surface area contributed by atoms with Crippen LogP contribution >= 0.6 is 11.6 Å². The number of aliphatic hydroxyl groups is 2. The molecule has 160 valence electrons. The van der Waals surface area contributed by atoms with Crippen molar-refractivity contribution in [3.05, 3.63) is 51.4 Å². The van der Waals surface area contributed by atoms with Crippen LogP contribution in [0.15, 0.2) is 29.1 Å². The van der Waals surface area contributed by atoms with Gasteiger partial charge in [-0.15, -0.1) is 5.10 Å². The maximum atomic E-state index is 12.9. The molecular formula is C16H17AlClF3N6O3. The summed E-state index contributed by atoms with van der Waals surface area (Å²) in [5.41, 5.74) is -0.526. The quantitative estimate of drug-likeness (QED) is 0.514. The van der Waals surface area contributed by atoms with E-state index in [2.05, 4.69) is 15.2 Å². The molecule has 0 fully saturated rings. The SMILES string of the molecule is C[C@H](O)c1nc(Cn2nc(-c3ccc(Cl)cc3)n(C[C@H](O)C(F)(F)F)c2=O)n[n]1[AlH2]. The first kappa shape index (κ1) is 22.5. The molecule has 14 heteroatoms. The van der Waals surface area contributed by atoms with Gasteiger partial charge in [-0.2, -0.15) is 18.3 Å². The van der Waals surface area contributed by atoms with Crippen LogP contribution in [0.1, 0.15) is 24.7 Å². The fourth-order valence-corrected chi connectivity index (χ4v) is 3.64. The number of alkyl halides is 3. The number of aliphatic hydroxyl groups excluding tert-OH is 2. The van der Waals surface area contributed by atoms with Crippen molar-refractivity contribution in [1.82, 2.24) is 28.1 Å². The summed E-state index contributed by atoms with van der Waals surface area (Å²) in [4.78, 5) is 16.9. The lowest BCUT2D eigenvalue weighted by Gasteiger charge is -2.15. The van der Waals surface area contributed by atoms with E-state index in [0.29, 0.717) is 32.9 Å². The molecule has 0 radical (unpaired) electrons. The molecule has 0 spiro atoms. The topological polar surface area (TPSA) is 111 Å². The molecular weight excluding hydrogens is 444 g/mol. The van der Waals surface area contributed by atoms with Gasteiger partial charge in [0.05, 0.1) is 6.54 Å². The van der Waals surface area contributed by atoms with Gasteiger partial charge in [0.2, 0.25) is 0 Å². The van der Waals surface area contributed by atoms with E-state index in [1.54, 1.807) is 0 Å². The van der Waals surface area contributed by atoms with Gasteiger partial charge < -0.3 is 13.9 Å². The monoisotopic (exact) mass is 460 g/mol. The molecule has 2 aromatic heterocycles. The summed E-state index contributed by atoms with van der Waals surface area (Å²) in [6.45, 7) is 0.269. The van der Waals surface area contributed by atoms with Gasteiger partial charge in [0.25, 0.3) is 0 Å². The van der Waals surface area contributed by atoms with Gasteiger partial charge in [0.15, 0.2) is 17.8 Å². The highest BCUT2D eigenvalue weighted by Crippen LogP contribution is 2.24. The molecule has 1 aromatic carbocycles. The van der Waals surface area contributed by atoms with Gasteiger partial charge in [-0.1, -0.05) is 11.6 Å². The van der Waals surface area contributed by atoms with Crippen LogP contribution < -0.4 is 5.69 Å². The van der Waals surface area contributed by atoms with Crippen molar-refractivity contribution in [1.29, 1.82) is 0 Å². The molecule has 0 amide bonds. The Morgan fingerprint density at radius 2 is 1.83 bits per heavy atom. The molecule has 3 rings (SSSR count). The summed E-state index contributed by atoms with van der Waals surface area (Å²) < 4.78 is 41.8. The minimum Gasteiger partial charge on any atom is -0.386 e. The number of benzene rings is 1. The first-order valence-corrected chi connectivity index (χ1v) is 10.0. The van der Waals surface area contributed by atoms with E-state index in [1.165, 1.54) is 34.9 Å². The first-order valence-electron chi connectivity index (χ1n) is 8.73. The maximum Gasteiger partial charge on any atom is 0.416 e. The van der Waals surface area contributed by atoms with Crippen molar-refractivity contribution >= 4 is 28.1 Å². The molecule has 0 aliphatic carbocycles. The van der Waals surface area contributed by atoms with Crippen LogP contribution in [-0.4, -0.2) is 67.1 Å². The fraction of sp³-hybridized carbons (Fsp3) is 0.375. The number of hydrogen-bond acceptors (Lipinski definition) is 6. The minimum atomic E-state index is -4.90. The Labute approximate surface area is 181 Å². The Kier molecular flexibility index (Phi) is 6.40. The Morgan fingerprint density at radius 1 is 1.20 bits per heavy atom. The lowest BCUT2D eigenvalue weighted by Crippen LogP contribution is -2.37. The molecule has 0 aliphatic heterocycles. The number of hydrogen-bond donors (Lipinski definition) is 2. The molecule has 2 heterocycles. The van der Waals surface area contributed by atoms with E-state index in [-0.39, 0.29) is 18.2 Å². The van der Waals surface area contributed by atoms with Gasteiger partial charge in [-0.25, -0.2) is 14.5 Å². The van der Waals surface area contributed by atoms with Crippen LogP contribution in [0.25, 0.3) is 11.4 Å². The van der Waals surface area contributed by atoms with Gasteiger partial charge in [0.1, 0.15) is 18.5 Å². The molecule has 0 saturated heterocycles. The lowest BCUT2D eigenvalue weighted by molar-refractivity contribution is -0.207. The second-order valence-electron chi connectivity index (χ2n) is 6.62. The van der Waals surface area contributed by atoms with E-state index in [0.717, 1.165) is 9.25 Å². The third-order valence-electron chi connectivity index (χ3n) is 4.26. The molecule has 2 atom stereocenters. The standard InChI is InChI=1S/C16H15ClF3N6O3.Al.2H/c1-8(27)13-21-12(22-23-13)7-26-15(29)25(6-11(28)16(18,19)20)14(24-26)9-2-4-10(17)5-3-9;;;/h2-5,8,11,27-28H,6-7H2,1H3;;;/q-1;+1;;/t8-,11-;;;/m0.../s1. The van der Waals surface area contributed by atoms with Crippen LogP contribution in [0.5, 0.6) is 0 Å². The van der Waals surface area contributed by atoms with Crippen LogP contribution in [0.3, 0.4) is 0 Å². The zero-order chi connectivity index (χ0) is 22.2. The smallest absolute Gasteiger partial charge is 0.386 e. The predicted octanol–water partition coefficient (Wildman–Crippen LogP) is 0.378. The van der Waals surface area contributed by atoms with Gasteiger partial charge in [-0.05, 0) is 31.2 Å². The van der Waals surface area contributed by atoms with Crippen molar-refractivity contribution in [3.8, 4) is 11.4 Å². The number of nitrogens with zero attached hydrogens (tertiary/aromatic N) is 6. The van der Waals surface area contributed by atoms with E-state index < -0.39 is 30.6 Å². The van der Waals surface area contributed by atoms with Crippen molar-refractivity contribution in [2.24, 2.45) is 0 Å². The molecule has 9 nitrogen and oxygen atoms in total.